The second-order valence-corrected chi connectivity index (χ2v) is 3.54. The summed E-state index contributed by atoms with van der Waals surface area (Å²) in [6, 6.07) is 0. The predicted octanol–water partition coefficient (Wildman–Crippen LogP) is 1.81. The fraction of sp³-hybridized carbons (Fsp3) is 0.875. The summed E-state index contributed by atoms with van der Waals surface area (Å²) in [6.45, 7) is 0. The van der Waals surface area contributed by atoms with Crippen molar-refractivity contribution in [1.82, 2.24) is 0 Å². The van der Waals surface area contributed by atoms with Gasteiger partial charge in [-0.05, 0) is 24.5 Å². The van der Waals surface area contributed by atoms with Crippen LogP contribution < -0.4 is 0 Å². The van der Waals surface area contributed by atoms with E-state index >= 15 is 0 Å². The van der Waals surface area contributed by atoms with E-state index in [9.17, 15) is 4.79 Å². The highest BCUT2D eigenvalue weighted by molar-refractivity contribution is 7.80. The average Bonchev–Trinajstić information content (AvgIpc) is 2.04. The average molecular weight is 174 g/mol. The van der Waals surface area contributed by atoms with Gasteiger partial charge in [-0.2, -0.15) is 12.6 Å². The van der Waals surface area contributed by atoms with Gasteiger partial charge in [-0.25, -0.2) is 0 Å². The van der Waals surface area contributed by atoms with Crippen molar-refractivity contribution in [2.24, 2.45) is 11.8 Å². The Morgan fingerprint density at radius 1 is 1.45 bits per heavy atom. The maximum absolute atomic E-state index is 10.7. The molecule has 0 radical (unpaired) electrons. The van der Waals surface area contributed by atoms with E-state index < -0.39 is 5.97 Å². The molecule has 0 bridgehead atoms. The molecule has 2 unspecified atom stereocenters. The molecule has 2 nitrogen and oxygen atoms in total. The molecule has 11 heavy (non-hydrogen) atoms. The topological polar surface area (TPSA) is 37.3 Å². The molecule has 3 heteroatoms. The number of aliphatic carboxylic acids is 1. The van der Waals surface area contributed by atoms with Gasteiger partial charge in [0.1, 0.15) is 0 Å². The Morgan fingerprint density at radius 2 is 2.09 bits per heavy atom. The summed E-state index contributed by atoms with van der Waals surface area (Å²) >= 11 is 4.15. The largest absolute Gasteiger partial charge is 0.481 e. The second kappa shape index (κ2) is 4.00. The molecule has 0 amide bonds. The number of carboxylic acid groups (broad SMARTS) is 1. The molecule has 1 aliphatic rings. The monoisotopic (exact) mass is 174 g/mol. The van der Waals surface area contributed by atoms with E-state index in [0.29, 0.717) is 5.92 Å². The summed E-state index contributed by atoms with van der Waals surface area (Å²) < 4.78 is 0. The van der Waals surface area contributed by atoms with Crippen LogP contribution in [0.2, 0.25) is 0 Å². The molecule has 0 aromatic heterocycles. The van der Waals surface area contributed by atoms with Crippen molar-refractivity contribution >= 4 is 18.6 Å². The van der Waals surface area contributed by atoms with Crippen LogP contribution in [0.3, 0.4) is 0 Å². The third-order valence-electron chi connectivity index (χ3n) is 2.46. The Kier molecular flexibility index (Phi) is 3.24. The van der Waals surface area contributed by atoms with Crippen LogP contribution in [-0.4, -0.2) is 16.8 Å². The third kappa shape index (κ3) is 2.12. The lowest BCUT2D eigenvalue weighted by Gasteiger charge is -2.26. The summed E-state index contributed by atoms with van der Waals surface area (Å²) in [5.74, 6) is 0.270. The van der Waals surface area contributed by atoms with Gasteiger partial charge < -0.3 is 5.11 Å². The van der Waals surface area contributed by atoms with E-state index in [0.717, 1.165) is 25.0 Å². The van der Waals surface area contributed by atoms with Crippen LogP contribution >= 0.6 is 12.6 Å². The third-order valence-corrected chi connectivity index (χ3v) is 2.93. The number of rotatable bonds is 2. The van der Waals surface area contributed by atoms with Gasteiger partial charge in [-0.15, -0.1) is 0 Å². The maximum atomic E-state index is 10.7. The molecule has 1 fully saturated rings. The van der Waals surface area contributed by atoms with Gasteiger partial charge in [-0.1, -0.05) is 12.8 Å². The molecule has 1 saturated carbocycles. The van der Waals surface area contributed by atoms with Gasteiger partial charge in [-0.3, -0.25) is 4.79 Å². The molecule has 0 saturated heterocycles. The van der Waals surface area contributed by atoms with Gasteiger partial charge in [0.05, 0.1) is 5.92 Å². The van der Waals surface area contributed by atoms with Crippen LogP contribution in [-0.2, 0) is 4.79 Å². The number of hydrogen-bond acceptors (Lipinski definition) is 2. The minimum Gasteiger partial charge on any atom is -0.481 e. The molecule has 0 heterocycles. The molecule has 0 aliphatic heterocycles. The highest BCUT2D eigenvalue weighted by atomic mass is 32.1. The quantitative estimate of drug-likeness (QED) is 0.626. The Morgan fingerprint density at radius 3 is 2.55 bits per heavy atom. The molecule has 1 N–H and O–H groups in total. The molecule has 0 aromatic rings. The maximum Gasteiger partial charge on any atom is 0.306 e. The Labute approximate surface area is 72.4 Å². The van der Waals surface area contributed by atoms with Gasteiger partial charge in [0.25, 0.3) is 0 Å². The zero-order valence-corrected chi connectivity index (χ0v) is 7.39. The Bertz CT molecular complexity index is 147. The standard InChI is InChI=1S/C8H14O2S/c9-8(10)7-4-2-1-3-6(7)5-11/h6-7,11H,1-5H2,(H,9,10). The molecule has 0 aromatic carbocycles. The van der Waals surface area contributed by atoms with Crippen LogP contribution in [0, 0.1) is 11.8 Å². The predicted molar refractivity (Wildman–Crippen MR) is 46.9 cm³/mol. The molecule has 1 rings (SSSR count). The van der Waals surface area contributed by atoms with E-state index in [1.807, 2.05) is 0 Å². The van der Waals surface area contributed by atoms with Crippen molar-refractivity contribution in [2.75, 3.05) is 5.75 Å². The van der Waals surface area contributed by atoms with Crippen molar-refractivity contribution in [3.63, 3.8) is 0 Å². The van der Waals surface area contributed by atoms with E-state index in [4.69, 9.17) is 5.11 Å². The minimum absolute atomic E-state index is 0.124. The minimum atomic E-state index is -0.635. The molecule has 64 valence electrons. The van der Waals surface area contributed by atoms with Crippen molar-refractivity contribution in [3.8, 4) is 0 Å². The summed E-state index contributed by atoms with van der Waals surface area (Å²) in [7, 11) is 0. The van der Waals surface area contributed by atoms with Gasteiger partial charge in [0.15, 0.2) is 0 Å². The van der Waals surface area contributed by atoms with Gasteiger partial charge in [0.2, 0.25) is 0 Å². The number of carbonyl (C=O) groups is 1. The summed E-state index contributed by atoms with van der Waals surface area (Å²) in [5.41, 5.74) is 0. The zero-order valence-electron chi connectivity index (χ0n) is 6.49. The van der Waals surface area contributed by atoms with Gasteiger partial charge in [0, 0.05) is 0 Å². The smallest absolute Gasteiger partial charge is 0.306 e. The SMILES string of the molecule is O=C(O)C1CCCCC1CS. The lowest BCUT2D eigenvalue weighted by Crippen LogP contribution is -2.27. The van der Waals surface area contributed by atoms with Crippen molar-refractivity contribution in [2.45, 2.75) is 25.7 Å². The van der Waals surface area contributed by atoms with E-state index in [2.05, 4.69) is 12.6 Å². The number of thiol groups is 1. The molecule has 0 spiro atoms. The lowest BCUT2D eigenvalue weighted by molar-refractivity contribution is -0.144. The van der Waals surface area contributed by atoms with E-state index in [-0.39, 0.29) is 5.92 Å². The molecule has 2 atom stereocenters. The van der Waals surface area contributed by atoms with Crippen LogP contribution in [0.25, 0.3) is 0 Å². The van der Waals surface area contributed by atoms with Crippen molar-refractivity contribution < 1.29 is 9.90 Å². The zero-order chi connectivity index (χ0) is 8.27. The number of hydrogen-bond donors (Lipinski definition) is 2. The summed E-state index contributed by atoms with van der Waals surface area (Å²) in [6.07, 6.45) is 4.14. The fourth-order valence-electron chi connectivity index (χ4n) is 1.75. The highest BCUT2D eigenvalue weighted by Gasteiger charge is 2.29. The van der Waals surface area contributed by atoms with E-state index in [1.165, 1.54) is 6.42 Å². The normalized spacial score (nSPS) is 31.7. The first kappa shape index (κ1) is 8.91. The number of carboxylic acids is 1. The summed E-state index contributed by atoms with van der Waals surface area (Å²) in [4.78, 5) is 10.7. The van der Waals surface area contributed by atoms with Crippen molar-refractivity contribution in [3.05, 3.63) is 0 Å². The Balaban J connectivity index is 2.51. The first-order valence-electron chi connectivity index (χ1n) is 4.09. The van der Waals surface area contributed by atoms with Crippen LogP contribution in [0.1, 0.15) is 25.7 Å². The van der Waals surface area contributed by atoms with E-state index in [1.54, 1.807) is 0 Å². The highest BCUT2D eigenvalue weighted by Crippen LogP contribution is 2.30. The second-order valence-electron chi connectivity index (χ2n) is 3.17. The van der Waals surface area contributed by atoms with Gasteiger partial charge >= 0.3 is 5.97 Å². The molecular weight excluding hydrogens is 160 g/mol. The lowest BCUT2D eigenvalue weighted by atomic mass is 9.80. The van der Waals surface area contributed by atoms with Crippen LogP contribution in [0.15, 0.2) is 0 Å². The Hall–Kier alpha value is -0.180. The fourth-order valence-corrected chi connectivity index (χ4v) is 2.19. The molecular formula is C8H14O2S. The van der Waals surface area contributed by atoms with Crippen LogP contribution in [0.5, 0.6) is 0 Å². The van der Waals surface area contributed by atoms with Crippen molar-refractivity contribution in [1.29, 1.82) is 0 Å². The first-order valence-corrected chi connectivity index (χ1v) is 4.72. The molecule has 1 aliphatic carbocycles. The summed E-state index contributed by atoms with van der Waals surface area (Å²) in [5, 5.41) is 8.81. The first-order chi connectivity index (χ1) is 5.25. The van der Waals surface area contributed by atoms with Crippen LogP contribution in [0.4, 0.5) is 0 Å².